The third kappa shape index (κ3) is 5.40. The van der Waals surface area contributed by atoms with Gasteiger partial charge in [-0.25, -0.2) is 4.79 Å². The van der Waals surface area contributed by atoms with E-state index in [1.54, 1.807) is 37.4 Å². The Hall–Kier alpha value is -1.53. The Morgan fingerprint density at radius 3 is 2.43 bits per heavy atom. The molecule has 1 aromatic rings. The van der Waals surface area contributed by atoms with Crippen molar-refractivity contribution in [2.24, 2.45) is 0 Å². The number of Topliss-reactive ketones (excluding diaryl/α,β-unsaturated/α-hetero) is 1. The molecule has 0 aliphatic carbocycles. The zero-order chi connectivity index (χ0) is 15.8. The minimum atomic E-state index is -0.815. The van der Waals surface area contributed by atoms with E-state index in [0.29, 0.717) is 10.5 Å². The normalized spacial score (nSPS) is 12.1. The van der Waals surface area contributed by atoms with Gasteiger partial charge in [0.25, 0.3) is 0 Å². The molecule has 0 fully saturated rings. The molecule has 0 amide bonds. The Morgan fingerprint density at radius 1 is 1.29 bits per heavy atom. The van der Waals surface area contributed by atoms with Crippen LogP contribution >= 0.6 is 27.7 Å². The first-order valence-electron chi connectivity index (χ1n) is 6.12. The smallest absolute Gasteiger partial charge is 0.373 e. The van der Waals surface area contributed by atoms with Crippen molar-refractivity contribution in [2.45, 2.75) is 6.92 Å². The number of benzene rings is 1. The number of aliphatic hydroxyl groups is 1. The highest BCUT2D eigenvalue weighted by Gasteiger charge is 2.12. The van der Waals surface area contributed by atoms with Gasteiger partial charge >= 0.3 is 5.97 Å². The van der Waals surface area contributed by atoms with E-state index in [0.717, 1.165) is 4.47 Å². The van der Waals surface area contributed by atoms with Gasteiger partial charge in [-0.05, 0) is 49.6 Å². The fraction of sp³-hybridized carbons (Fsp3) is 0.200. The van der Waals surface area contributed by atoms with E-state index < -0.39 is 11.7 Å². The van der Waals surface area contributed by atoms with Crippen molar-refractivity contribution >= 4 is 39.4 Å². The standard InChI is InChI=1S/C15H15BrO4S/c1-3-20-15(19)12(17)8-9-13(21-2)14(18)10-4-6-11(16)7-5-10/h4-9,17H,3H2,1-2H3. The number of allylic oxidation sites excluding steroid dienone is 3. The molecule has 0 aliphatic heterocycles. The summed E-state index contributed by atoms with van der Waals surface area (Å²) < 4.78 is 5.53. The molecule has 0 radical (unpaired) electrons. The lowest BCUT2D eigenvalue weighted by atomic mass is 10.1. The van der Waals surface area contributed by atoms with Gasteiger partial charge in [0.05, 0.1) is 11.5 Å². The number of esters is 1. The maximum Gasteiger partial charge on any atom is 0.373 e. The van der Waals surface area contributed by atoms with E-state index in [4.69, 9.17) is 0 Å². The molecule has 0 saturated heterocycles. The van der Waals surface area contributed by atoms with Gasteiger partial charge in [0.1, 0.15) is 0 Å². The summed E-state index contributed by atoms with van der Waals surface area (Å²) in [7, 11) is 0. The molecule has 1 rings (SSSR count). The van der Waals surface area contributed by atoms with Crippen LogP contribution in [0.1, 0.15) is 17.3 Å². The first kappa shape index (κ1) is 17.5. The van der Waals surface area contributed by atoms with Crippen LogP contribution < -0.4 is 0 Å². The zero-order valence-electron chi connectivity index (χ0n) is 11.6. The summed E-state index contributed by atoms with van der Waals surface area (Å²) in [5, 5.41) is 9.50. The monoisotopic (exact) mass is 370 g/mol. The van der Waals surface area contributed by atoms with Crippen LogP contribution in [0.3, 0.4) is 0 Å². The van der Waals surface area contributed by atoms with Gasteiger partial charge in [-0.15, -0.1) is 11.8 Å². The fourth-order valence-electron chi connectivity index (χ4n) is 1.41. The number of halogens is 1. The quantitative estimate of drug-likeness (QED) is 0.270. The van der Waals surface area contributed by atoms with Crippen LogP contribution in [0.25, 0.3) is 0 Å². The Bertz CT molecular complexity index is 576. The van der Waals surface area contributed by atoms with Crippen molar-refractivity contribution in [3.8, 4) is 0 Å². The van der Waals surface area contributed by atoms with Crippen LogP contribution in [0.5, 0.6) is 0 Å². The first-order valence-corrected chi connectivity index (χ1v) is 8.13. The highest BCUT2D eigenvalue weighted by Crippen LogP contribution is 2.20. The molecule has 1 aromatic carbocycles. The van der Waals surface area contributed by atoms with Crippen LogP contribution in [0.15, 0.2) is 51.6 Å². The molecular weight excluding hydrogens is 356 g/mol. The molecule has 0 heterocycles. The highest BCUT2D eigenvalue weighted by molar-refractivity contribution is 9.10. The van der Waals surface area contributed by atoms with Crippen molar-refractivity contribution < 1.29 is 19.4 Å². The maximum absolute atomic E-state index is 12.3. The van der Waals surface area contributed by atoms with E-state index in [9.17, 15) is 14.7 Å². The first-order chi connectivity index (χ1) is 9.99. The molecule has 1 N–H and O–H groups in total. The number of hydrogen-bond donors (Lipinski definition) is 1. The molecule has 0 aromatic heterocycles. The second kappa shape index (κ2) is 8.69. The molecule has 6 heteroatoms. The van der Waals surface area contributed by atoms with Crippen molar-refractivity contribution in [3.05, 3.63) is 57.1 Å². The molecule has 0 saturated carbocycles. The van der Waals surface area contributed by atoms with Gasteiger partial charge in [-0.1, -0.05) is 15.9 Å². The number of hydrogen-bond acceptors (Lipinski definition) is 5. The molecular formula is C15H15BrO4S. The number of carbonyl (C=O) groups excluding carboxylic acids is 2. The summed E-state index contributed by atoms with van der Waals surface area (Å²) in [6, 6.07) is 6.95. The molecule has 0 aliphatic rings. The lowest BCUT2D eigenvalue weighted by Gasteiger charge is -2.03. The summed E-state index contributed by atoms with van der Waals surface area (Å²) in [6.07, 6.45) is 4.32. The molecule has 0 atom stereocenters. The minimum absolute atomic E-state index is 0.174. The van der Waals surface area contributed by atoms with Crippen molar-refractivity contribution in [3.63, 3.8) is 0 Å². The number of aliphatic hydroxyl groups excluding tert-OH is 1. The van der Waals surface area contributed by atoms with Crippen molar-refractivity contribution in [1.29, 1.82) is 0 Å². The Labute approximate surface area is 136 Å². The second-order valence-corrected chi connectivity index (χ2v) is 5.61. The third-order valence-corrected chi connectivity index (χ3v) is 3.72. The van der Waals surface area contributed by atoms with Gasteiger partial charge in [0.2, 0.25) is 5.76 Å². The van der Waals surface area contributed by atoms with Gasteiger partial charge in [-0.3, -0.25) is 4.79 Å². The SMILES string of the molecule is CCOC(=O)C(O)=CC=C(SC)C(=O)c1ccc(Br)cc1. The van der Waals surface area contributed by atoms with E-state index in [-0.39, 0.29) is 12.4 Å². The van der Waals surface area contributed by atoms with Crippen LogP contribution in [-0.2, 0) is 9.53 Å². The third-order valence-electron chi connectivity index (χ3n) is 2.43. The van der Waals surface area contributed by atoms with E-state index in [2.05, 4.69) is 20.7 Å². The molecule has 0 bridgehead atoms. The predicted octanol–water partition coefficient (Wildman–Crippen LogP) is 3.88. The average molecular weight is 371 g/mol. The summed E-state index contributed by atoms with van der Waals surface area (Å²) in [6.45, 7) is 1.82. The van der Waals surface area contributed by atoms with Crippen molar-refractivity contribution in [2.75, 3.05) is 12.9 Å². The van der Waals surface area contributed by atoms with Crippen molar-refractivity contribution in [1.82, 2.24) is 0 Å². The topological polar surface area (TPSA) is 63.6 Å². The predicted molar refractivity (Wildman–Crippen MR) is 87.4 cm³/mol. The fourth-order valence-corrected chi connectivity index (χ4v) is 2.18. The summed E-state index contributed by atoms with van der Waals surface area (Å²) in [5.41, 5.74) is 0.530. The summed E-state index contributed by atoms with van der Waals surface area (Å²) in [5.74, 6) is -1.53. The number of ether oxygens (including phenoxy) is 1. The number of ketones is 1. The van der Waals surface area contributed by atoms with E-state index >= 15 is 0 Å². The molecule has 4 nitrogen and oxygen atoms in total. The number of thioether (sulfide) groups is 1. The Morgan fingerprint density at radius 2 is 1.90 bits per heavy atom. The summed E-state index contributed by atoms with van der Waals surface area (Å²) >= 11 is 4.54. The Kier molecular flexibility index (Phi) is 7.25. The minimum Gasteiger partial charge on any atom is -0.502 e. The van der Waals surface area contributed by atoms with Gasteiger partial charge in [0, 0.05) is 10.0 Å². The maximum atomic E-state index is 12.3. The van der Waals surface area contributed by atoms with E-state index in [1.165, 1.54) is 23.9 Å². The van der Waals surface area contributed by atoms with E-state index in [1.807, 2.05) is 0 Å². The number of carbonyl (C=O) groups is 2. The average Bonchev–Trinajstić information content (AvgIpc) is 2.48. The van der Waals surface area contributed by atoms with Gasteiger partial charge in [-0.2, -0.15) is 0 Å². The number of rotatable bonds is 6. The lowest BCUT2D eigenvalue weighted by Crippen LogP contribution is -2.07. The molecule has 0 spiro atoms. The largest absolute Gasteiger partial charge is 0.502 e. The molecule has 0 unspecified atom stereocenters. The molecule has 21 heavy (non-hydrogen) atoms. The Balaban J connectivity index is 2.93. The molecule has 112 valence electrons. The van der Waals surface area contributed by atoms with Crippen LogP contribution in [0, 0.1) is 0 Å². The summed E-state index contributed by atoms with van der Waals surface area (Å²) in [4.78, 5) is 23.9. The lowest BCUT2D eigenvalue weighted by molar-refractivity contribution is -0.141. The zero-order valence-corrected chi connectivity index (χ0v) is 14.0. The highest BCUT2D eigenvalue weighted by atomic mass is 79.9. The second-order valence-electron chi connectivity index (χ2n) is 3.84. The van der Waals surface area contributed by atoms with Gasteiger partial charge in [0.15, 0.2) is 5.78 Å². The van der Waals surface area contributed by atoms with Crippen LogP contribution in [0.2, 0.25) is 0 Å². The van der Waals surface area contributed by atoms with Gasteiger partial charge < -0.3 is 9.84 Å². The van der Waals surface area contributed by atoms with Crippen LogP contribution in [-0.4, -0.2) is 29.7 Å². The van der Waals surface area contributed by atoms with Crippen LogP contribution in [0.4, 0.5) is 0 Å².